The Morgan fingerprint density at radius 2 is 2.22 bits per heavy atom. The number of rotatable bonds is 5. The normalized spacial score (nSPS) is 21.5. The monoisotopic (exact) mass is 312 g/mol. The van der Waals surface area contributed by atoms with Gasteiger partial charge in [-0.25, -0.2) is 0 Å². The van der Waals surface area contributed by atoms with E-state index in [9.17, 15) is 4.79 Å². The van der Waals surface area contributed by atoms with E-state index in [1.54, 1.807) is 7.11 Å². The standard InChI is InChI=1S/C14H17BrO3/c1-17-13-6-5-11(15)7-10(13)4-3-9-8-12(9)14(16)18-2/h5-7,9,12H,3-4,8H2,1-2H3. The molecule has 1 saturated carbocycles. The van der Waals surface area contributed by atoms with Gasteiger partial charge in [-0.1, -0.05) is 15.9 Å². The van der Waals surface area contributed by atoms with Gasteiger partial charge in [0.1, 0.15) is 5.75 Å². The molecule has 1 aromatic rings. The first-order valence-corrected chi connectivity index (χ1v) is 6.85. The third-order valence-corrected chi connectivity index (χ3v) is 3.95. The predicted octanol–water partition coefficient (Wildman–Crippen LogP) is 3.20. The highest BCUT2D eigenvalue weighted by Crippen LogP contribution is 2.43. The summed E-state index contributed by atoms with van der Waals surface area (Å²) in [6.45, 7) is 0. The fraction of sp³-hybridized carbons (Fsp3) is 0.500. The molecule has 0 bridgehead atoms. The number of hydrogen-bond acceptors (Lipinski definition) is 3. The molecule has 2 rings (SSSR count). The molecule has 1 aliphatic carbocycles. The molecule has 1 aromatic carbocycles. The molecule has 0 N–H and O–H groups in total. The smallest absolute Gasteiger partial charge is 0.308 e. The lowest BCUT2D eigenvalue weighted by molar-refractivity contribution is -0.142. The van der Waals surface area contributed by atoms with E-state index in [1.807, 2.05) is 12.1 Å². The third kappa shape index (κ3) is 3.05. The highest BCUT2D eigenvalue weighted by atomic mass is 79.9. The van der Waals surface area contributed by atoms with Gasteiger partial charge in [0.05, 0.1) is 20.1 Å². The Labute approximate surface area is 116 Å². The Hall–Kier alpha value is -1.03. The second-order valence-corrected chi connectivity index (χ2v) is 5.54. The van der Waals surface area contributed by atoms with Crippen molar-refractivity contribution in [3.05, 3.63) is 28.2 Å². The van der Waals surface area contributed by atoms with Crippen molar-refractivity contribution >= 4 is 21.9 Å². The molecule has 98 valence electrons. The fourth-order valence-corrected chi connectivity index (χ4v) is 2.70. The summed E-state index contributed by atoms with van der Waals surface area (Å²) in [5.74, 6) is 1.43. The second-order valence-electron chi connectivity index (χ2n) is 4.62. The number of ether oxygens (including phenoxy) is 2. The van der Waals surface area contributed by atoms with Crippen LogP contribution in [0, 0.1) is 11.8 Å². The molecule has 2 unspecified atom stereocenters. The third-order valence-electron chi connectivity index (χ3n) is 3.45. The van der Waals surface area contributed by atoms with E-state index < -0.39 is 0 Å². The lowest BCUT2D eigenvalue weighted by Gasteiger charge is -2.08. The molecule has 0 aliphatic heterocycles. The van der Waals surface area contributed by atoms with Crippen molar-refractivity contribution in [1.29, 1.82) is 0 Å². The predicted molar refractivity (Wildman–Crippen MR) is 72.6 cm³/mol. The minimum atomic E-state index is -0.0683. The number of esters is 1. The summed E-state index contributed by atoms with van der Waals surface area (Å²) in [7, 11) is 3.14. The van der Waals surface area contributed by atoms with Crippen LogP contribution in [0.5, 0.6) is 5.75 Å². The Balaban J connectivity index is 1.91. The van der Waals surface area contributed by atoms with E-state index in [2.05, 4.69) is 22.0 Å². The van der Waals surface area contributed by atoms with E-state index in [0.717, 1.165) is 29.5 Å². The topological polar surface area (TPSA) is 35.5 Å². The molecular formula is C14H17BrO3. The van der Waals surface area contributed by atoms with Crippen molar-refractivity contribution in [2.75, 3.05) is 14.2 Å². The second kappa shape index (κ2) is 5.74. The van der Waals surface area contributed by atoms with Crippen molar-refractivity contribution in [2.45, 2.75) is 19.3 Å². The first kappa shape index (κ1) is 13.4. The van der Waals surface area contributed by atoms with Crippen LogP contribution in [-0.2, 0) is 16.0 Å². The molecule has 0 spiro atoms. The van der Waals surface area contributed by atoms with Crippen LogP contribution in [0.4, 0.5) is 0 Å². The lowest BCUT2D eigenvalue weighted by Crippen LogP contribution is -2.04. The van der Waals surface area contributed by atoms with Gasteiger partial charge in [-0.15, -0.1) is 0 Å². The zero-order chi connectivity index (χ0) is 13.1. The molecule has 0 saturated heterocycles. The molecule has 2 atom stereocenters. The highest BCUT2D eigenvalue weighted by molar-refractivity contribution is 9.10. The number of benzene rings is 1. The maximum absolute atomic E-state index is 11.3. The van der Waals surface area contributed by atoms with E-state index in [4.69, 9.17) is 9.47 Å². The highest BCUT2D eigenvalue weighted by Gasteiger charge is 2.43. The first-order valence-electron chi connectivity index (χ1n) is 6.06. The molecule has 18 heavy (non-hydrogen) atoms. The van der Waals surface area contributed by atoms with Gasteiger partial charge in [0.15, 0.2) is 0 Å². The Morgan fingerprint density at radius 3 is 2.89 bits per heavy atom. The number of carbonyl (C=O) groups excluding carboxylic acids is 1. The molecule has 4 heteroatoms. The minimum absolute atomic E-state index is 0.0683. The summed E-state index contributed by atoms with van der Waals surface area (Å²) in [4.78, 5) is 11.3. The van der Waals surface area contributed by atoms with Gasteiger partial charge < -0.3 is 9.47 Å². The van der Waals surface area contributed by atoms with Gasteiger partial charge in [0.25, 0.3) is 0 Å². The number of hydrogen-bond donors (Lipinski definition) is 0. The van der Waals surface area contributed by atoms with Gasteiger partial charge in [-0.3, -0.25) is 4.79 Å². The zero-order valence-electron chi connectivity index (χ0n) is 10.6. The number of aryl methyl sites for hydroxylation is 1. The quantitative estimate of drug-likeness (QED) is 0.783. The molecule has 0 aromatic heterocycles. The van der Waals surface area contributed by atoms with E-state index in [-0.39, 0.29) is 11.9 Å². The number of methoxy groups -OCH3 is 2. The number of halogens is 1. The molecule has 1 aliphatic rings. The van der Waals surface area contributed by atoms with Crippen molar-refractivity contribution in [3.63, 3.8) is 0 Å². The number of carbonyl (C=O) groups is 1. The summed E-state index contributed by atoms with van der Waals surface area (Å²) in [6.07, 6.45) is 2.90. The zero-order valence-corrected chi connectivity index (χ0v) is 12.2. The Morgan fingerprint density at radius 1 is 1.44 bits per heavy atom. The van der Waals surface area contributed by atoms with Gasteiger partial charge >= 0.3 is 5.97 Å². The Kier molecular flexibility index (Phi) is 4.27. The van der Waals surface area contributed by atoms with Crippen molar-refractivity contribution in [2.24, 2.45) is 11.8 Å². The van der Waals surface area contributed by atoms with Gasteiger partial charge in [-0.2, -0.15) is 0 Å². The SMILES string of the molecule is COC(=O)C1CC1CCc1cc(Br)ccc1OC. The largest absolute Gasteiger partial charge is 0.496 e. The summed E-state index contributed by atoms with van der Waals surface area (Å²) >= 11 is 3.46. The summed E-state index contributed by atoms with van der Waals surface area (Å²) < 4.78 is 11.1. The first-order chi connectivity index (χ1) is 8.65. The van der Waals surface area contributed by atoms with Crippen LogP contribution >= 0.6 is 15.9 Å². The summed E-state index contributed by atoms with van der Waals surface area (Å²) in [5, 5.41) is 0. The minimum Gasteiger partial charge on any atom is -0.496 e. The maximum atomic E-state index is 11.3. The van der Waals surface area contributed by atoms with Crippen LogP contribution in [0.3, 0.4) is 0 Å². The van der Waals surface area contributed by atoms with Gasteiger partial charge in [0.2, 0.25) is 0 Å². The molecule has 3 nitrogen and oxygen atoms in total. The molecular weight excluding hydrogens is 296 g/mol. The molecule has 0 heterocycles. The average molecular weight is 313 g/mol. The van der Waals surface area contributed by atoms with Crippen LogP contribution in [0.25, 0.3) is 0 Å². The Bertz CT molecular complexity index is 445. The maximum Gasteiger partial charge on any atom is 0.308 e. The molecule has 1 fully saturated rings. The van der Waals surface area contributed by atoms with E-state index in [0.29, 0.717) is 5.92 Å². The lowest BCUT2D eigenvalue weighted by atomic mass is 10.1. The van der Waals surface area contributed by atoms with Crippen LogP contribution in [-0.4, -0.2) is 20.2 Å². The average Bonchev–Trinajstić information content (AvgIpc) is 3.15. The van der Waals surface area contributed by atoms with Crippen molar-refractivity contribution in [3.8, 4) is 5.75 Å². The molecule has 0 amide bonds. The van der Waals surface area contributed by atoms with Crippen LogP contribution in [0.1, 0.15) is 18.4 Å². The van der Waals surface area contributed by atoms with Crippen molar-refractivity contribution < 1.29 is 14.3 Å². The van der Waals surface area contributed by atoms with Crippen LogP contribution < -0.4 is 4.74 Å². The van der Waals surface area contributed by atoms with Crippen LogP contribution in [0.15, 0.2) is 22.7 Å². The molecule has 0 radical (unpaired) electrons. The van der Waals surface area contributed by atoms with Crippen molar-refractivity contribution in [1.82, 2.24) is 0 Å². The van der Waals surface area contributed by atoms with E-state index >= 15 is 0 Å². The van der Waals surface area contributed by atoms with E-state index in [1.165, 1.54) is 12.7 Å². The fourth-order valence-electron chi connectivity index (χ4n) is 2.29. The summed E-state index contributed by atoms with van der Waals surface area (Å²) in [6, 6.07) is 6.01. The van der Waals surface area contributed by atoms with Gasteiger partial charge in [-0.05, 0) is 48.9 Å². The van der Waals surface area contributed by atoms with Crippen LogP contribution in [0.2, 0.25) is 0 Å². The summed E-state index contributed by atoms with van der Waals surface area (Å²) in [5.41, 5.74) is 1.18. The van der Waals surface area contributed by atoms with Gasteiger partial charge in [0, 0.05) is 4.47 Å².